The van der Waals surface area contributed by atoms with Gasteiger partial charge in [-0.1, -0.05) is 31.9 Å². The summed E-state index contributed by atoms with van der Waals surface area (Å²) in [6, 6.07) is 9.94. The lowest BCUT2D eigenvalue weighted by Crippen LogP contribution is -1.97. The van der Waals surface area contributed by atoms with Crippen LogP contribution in [-0.4, -0.2) is 19.8 Å². The topological polar surface area (TPSA) is 42.2 Å². The van der Waals surface area contributed by atoms with Crippen LogP contribution in [0.4, 0.5) is 0 Å². The molecule has 1 aromatic carbocycles. The molecule has 20 heavy (non-hydrogen) atoms. The van der Waals surface area contributed by atoms with Gasteiger partial charge in [-0.25, -0.2) is 0 Å². The first-order valence-corrected chi connectivity index (χ1v) is 7.21. The van der Waals surface area contributed by atoms with Crippen molar-refractivity contribution in [2.75, 3.05) is 19.8 Å². The summed E-state index contributed by atoms with van der Waals surface area (Å²) in [7, 11) is 0. The van der Waals surface area contributed by atoms with Crippen LogP contribution in [0.15, 0.2) is 29.8 Å². The van der Waals surface area contributed by atoms with Crippen LogP contribution in [0.5, 0.6) is 5.75 Å². The molecule has 108 valence electrons. The highest BCUT2D eigenvalue weighted by Crippen LogP contribution is 2.15. The molecule has 0 N–H and O–H groups in total. The molecule has 0 bridgehead atoms. The number of ether oxygens (including phenoxy) is 2. The highest BCUT2D eigenvalue weighted by molar-refractivity contribution is 5.57. The van der Waals surface area contributed by atoms with Crippen molar-refractivity contribution < 1.29 is 9.47 Å². The van der Waals surface area contributed by atoms with E-state index in [9.17, 15) is 0 Å². The number of nitriles is 1. The van der Waals surface area contributed by atoms with Gasteiger partial charge in [0.05, 0.1) is 24.9 Å². The second-order valence-electron chi connectivity index (χ2n) is 4.54. The number of benzene rings is 1. The van der Waals surface area contributed by atoms with E-state index in [1.54, 1.807) is 0 Å². The molecular formula is C17H23NO2. The lowest BCUT2D eigenvalue weighted by molar-refractivity contribution is 0.174. The highest BCUT2D eigenvalue weighted by atomic mass is 16.5. The van der Waals surface area contributed by atoms with Crippen LogP contribution >= 0.6 is 0 Å². The number of hydrogen-bond donors (Lipinski definition) is 0. The Bertz CT molecular complexity index is 443. The summed E-state index contributed by atoms with van der Waals surface area (Å²) in [6.07, 6.45) is 5.33. The van der Waals surface area contributed by atoms with E-state index in [0.717, 1.165) is 24.3 Å². The molecule has 0 fully saturated rings. The minimum atomic E-state index is 0.363. The van der Waals surface area contributed by atoms with Gasteiger partial charge in [0.2, 0.25) is 0 Å². The largest absolute Gasteiger partial charge is 0.494 e. The van der Waals surface area contributed by atoms with Crippen molar-refractivity contribution in [1.82, 2.24) is 0 Å². The van der Waals surface area contributed by atoms with Crippen LogP contribution in [0.1, 0.15) is 38.7 Å². The Morgan fingerprint density at radius 1 is 1.20 bits per heavy atom. The molecule has 0 amide bonds. The average molecular weight is 273 g/mol. The molecule has 0 saturated carbocycles. The van der Waals surface area contributed by atoms with E-state index in [1.165, 1.54) is 12.8 Å². The lowest BCUT2D eigenvalue weighted by Gasteiger charge is -2.06. The number of unbranched alkanes of at least 4 members (excludes halogenated alkanes) is 2. The fourth-order valence-electron chi connectivity index (χ4n) is 1.72. The van der Waals surface area contributed by atoms with E-state index < -0.39 is 0 Å². The van der Waals surface area contributed by atoms with Crippen LogP contribution in [0.3, 0.4) is 0 Å². The van der Waals surface area contributed by atoms with Crippen LogP contribution < -0.4 is 4.74 Å². The monoisotopic (exact) mass is 273 g/mol. The summed E-state index contributed by atoms with van der Waals surface area (Å²) >= 11 is 0. The van der Waals surface area contributed by atoms with E-state index >= 15 is 0 Å². The van der Waals surface area contributed by atoms with Crippen LogP contribution in [0.2, 0.25) is 0 Å². The molecular weight excluding hydrogens is 250 g/mol. The van der Waals surface area contributed by atoms with Gasteiger partial charge in [-0.05, 0) is 37.1 Å². The third-order valence-corrected chi connectivity index (χ3v) is 2.84. The minimum absolute atomic E-state index is 0.363. The predicted octanol–water partition coefficient (Wildman–Crippen LogP) is 4.20. The van der Waals surface area contributed by atoms with Gasteiger partial charge < -0.3 is 9.47 Å². The highest BCUT2D eigenvalue weighted by Gasteiger charge is 1.98. The van der Waals surface area contributed by atoms with Crippen LogP contribution in [-0.2, 0) is 4.74 Å². The molecule has 0 unspecified atom stereocenters. The van der Waals surface area contributed by atoms with Crippen molar-refractivity contribution in [3.8, 4) is 11.8 Å². The maximum Gasteiger partial charge on any atom is 0.119 e. The van der Waals surface area contributed by atoms with Gasteiger partial charge in [-0.3, -0.25) is 0 Å². The van der Waals surface area contributed by atoms with Gasteiger partial charge in [0, 0.05) is 6.61 Å². The molecule has 1 aromatic rings. The fraction of sp³-hybridized carbons (Fsp3) is 0.471. The Balaban J connectivity index is 2.52. The molecule has 0 aliphatic rings. The third kappa shape index (κ3) is 6.40. The van der Waals surface area contributed by atoms with E-state index in [1.807, 2.05) is 37.3 Å². The first-order valence-electron chi connectivity index (χ1n) is 7.21. The predicted molar refractivity (Wildman–Crippen MR) is 81.5 cm³/mol. The van der Waals surface area contributed by atoms with E-state index in [4.69, 9.17) is 14.7 Å². The molecule has 0 heterocycles. The molecule has 3 nitrogen and oxygen atoms in total. The SMILES string of the molecule is CCCCCOc1ccc(C=C(C#N)COCC)cc1. The second-order valence-corrected chi connectivity index (χ2v) is 4.54. The zero-order valence-electron chi connectivity index (χ0n) is 12.4. The smallest absolute Gasteiger partial charge is 0.119 e. The van der Waals surface area contributed by atoms with E-state index in [2.05, 4.69) is 13.0 Å². The Morgan fingerprint density at radius 3 is 2.55 bits per heavy atom. The van der Waals surface area contributed by atoms with Gasteiger partial charge in [0.25, 0.3) is 0 Å². The molecule has 0 atom stereocenters. The van der Waals surface area contributed by atoms with Gasteiger partial charge in [0.1, 0.15) is 5.75 Å². The minimum Gasteiger partial charge on any atom is -0.494 e. The quantitative estimate of drug-likeness (QED) is 0.500. The first kappa shape index (κ1) is 16.3. The van der Waals surface area contributed by atoms with Crippen molar-refractivity contribution in [3.63, 3.8) is 0 Å². The van der Waals surface area contributed by atoms with Crippen molar-refractivity contribution in [3.05, 3.63) is 35.4 Å². The lowest BCUT2D eigenvalue weighted by atomic mass is 10.1. The molecule has 0 spiro atoms. The third-order valence-electron chi connectivity index (χ3n) is 2.84. The van der Waals surface area contributed by atoms with Crippen molar-refractivity contribution in [2.45, 2.75) is 33.1 Å². The molecule has 0 aliphatic carbocycles. The standard InChI is InChI=1S/C17H23NO2/c1-3-5-6-11-20-17-9-7-15(8-10-17)12-16(13-18)14-19-4-2/h7-10,12H,3-6,11,14H2,1-2H3. The number of nitrogens with zero attached hydrogens (tertiary/aromatic N) is 1. The van der Waals surface area contributed by atoms with Gasteiger partial charge >= 0.3 is 0 Å². The van der Waals surface area contributed by atoms with E-state index in [-0.39, 0.29) is 0 Å². The maximum atomic E-state index is 9.01. The molecule has 0 radical (unpaired) electrons. The normalized spacial score (nSPS) is 11.2. The molecule has 0 aromatic heterocycles. The van der Waals surface area contributed by atoms with Gasteiger partial charge in [-0.15, -0.1) is 0 Å². The maximum absolute atomic E-state index is 9.01. The average Bonchev–Trinajstić information content (AvgIpc) is 2.49. The Labute approximate surface area is 121 Å². The van der Waals surface area contributed by atoms with Crippen molar-refractivity contribution in [1.29, 1.82) is 5.26 Å². The number of hydrogen-bond acceptors (Lipinski definition) is 3. The molecule has 0 saturated heterocycles. The van der Waals surface area contributed by atoms with Gasteiger partial charge in [-0.2, -0.15) is 5.26 Å². The summed E-state index contributed by atoms with van der Waals surface area (Å²) in [6.45, 7) is 5.83. The molecule has 0 aliphatic heterocycles. The molecule has 3 heteroatoms. The van der Waals surface area contributed by atoms with E-state index in [0.29, 0.717) is 18.8 Å². The summed E-state index contributed by atoms with van der Waals surface area (Å²) in [5.41, 5.74) is 1.62. The summed E-state index contributed by atoms with van der Waals surface area (Å²) in [5, 5.41) is 9.01. The van der Waals surface area contributed by atoms with Crippen LogP contribution in [0, 0.1) is 11.3 Å². The Hall–Kier alpha value is -1.79. The fourth-order valence-corrected chi connectivity index (χ4v) is 1.72. The summed E-state index contributed by atoms with van der Waals surface area (Å²) in [4.78, 5) is 0. The summed E-state index contributed by atoms with van der Waals surface area (Å²) < 4.78 is 10.9. The summed E-state index contributed by atoms with van der Waals surface area (Å²) in [5.74, 6) is 0.876. The zero-order chi connectivity index (χ0) is 14.6. The van der Waals surface area contributed by atoms with Gasteiger partial charge in [0.15, 0.2) is 0 Å². The van der Waals surface area contributed by atoms with Crippen LogP contribution in [0.25, 0.3) is 6.08 Å². The molecule has 1 rings (SSSR count). The second kappa shape index (κ2) is 10.1. The Morgan fingerprint density at radius 2 is 1.95 bits per heavy atom. The first-order chi connectivity index (χ1) is 9.80. The van der Waals surface area contributed by atoms with Crippen molar-refractivity contribution >= 4 is 6.08 Å². The zero-order valence-corrected chi connectivity index (χ0v) is 12.4. The number of rotatable bonds is 9. The van der Waals surface area contributed by atoms with Crippen molar-refractivity contribution in [2.24, 2.45) is 0 Å². The Kier molecular flexibility index (Phi) is 8.17.